The maximum absolute atomic E-state index is 13.1. The summed E-state index contributed by atoms with van der Waals surface area (Å²) in [7, 11) is 0. The van der Waals surface area contributed by atoms with E-state index in [1.54, 1.807) is 23.7 Å². The van der Waals surface area contributed by atoms with Crippen LogP contribution in [-0.4, -0.2) is 38.8 Å². The van der Waals surface area contributed by atoms with Crippen molar-refractivity contribution < 1.29 is 4.79 Å². The molecule has 1 saturated heterocycles. The summed E-state index contributed by atoms with van der Waals surface area (Å²) in [4.78, 5) is 28.9. The SMILES string of the molecule is CC1(C)CCC(C)(C)c2cc(-c3csc(C4CCN(C(=O)c5csc(-c6ccncc6)n5)CC4)n3)ccc21. The molecule has 5 nitrogen and oxygen atoms in total. The number of amides is 1. The van der Waals surface area contributed by atoms with Crippen LogP contribution >= 0.6 is 22.7 Å². The molecular formula is C31H34N4OS2. The first-order chi connectivity index (χ1) is 18.2. The maximum Gasteiger partial charge on any atom is 0.273 e. The van der Waals surface area contributed by atoms with Crippen molar-refractivity contribution in [2.75, 3.05) is 13.1 Å². The van der Waals surface area contributed by atoms with Crippen molar-refractivity contribution in [3.63, 3.8) is 0 Å². The minimum Gasteiger partial charge on any atom is -0.337 e. The summed E-state index contributed by atoms with van der Waals surface area (Å²) in [6.45, 7) is 11.0. The van der Waals surface area contributed by atoms with Crippen LogP contribution in [0.5, 0.6) is 0 Å². The first kappa shape index (κ1) is 25.4. The van der Waals surface area contributed by atoms with Gasteiger partial charge in [0.2, 0.25) is 0 Å². The number of pyridine rings is 1. The Bertz CT molecular complexity index is 1460. The highest BCUT2D eigenvalue weighted by Crippen LogP contribution is 2.47. The highest BCUT2D eigenvalue weighted by Gasteiger charge is 2.37. The molecule has 1 aromatic carbocycles. The molecule has 3 aromatic heterocycles. The predicted octanol–water partition coefficient (Wildman–Crippen LogP) is 7.70. The Labute approximate surface area is 233 Å². The molecule has 0 unspecified atom stereocenters. The van der Waals surface area contributed by atoms with Crippen LogP contribution in [0, 0.1) is 0 Å². The van der Waals surface area contributed by atoms with Gasteiger partial charge in [-0.05, 0) is 65.8 Å². The van der Waals surface area contributed by atoms with Gasteiger partial charge in [-0.25, -0.2) is 9.97 Å². The number of hydrogen-bond donors (Lipinski definition) is 0. The first-order valence-electron chi connectivity index (χ1n) is 13.5. The van der Waals surface area contributed by atoms with Gasteiger partial charge in [0.05, 0.1) is 10.7 Å². The van der Waals surface area contributed by atoms with Gasteiger partial charge in [-0.3, -0.25) is 9.78 Å². The second-order valence-corrected chi connectivity index (χ2v) is 13.7. The van der Waals surface area contributed by atoms with Crippen molar-refractivity contribution in [3.05, 3.63) is 75.3 Å². The molecule has 7 heteroatoms. The van der Waals surface area contributed by atoms with E-state index in [2.05, 4.69) is 61.2 Å². The highest BCUT2D eigenvalue weighted by atomic mass is 32.1. The van der Waals surface area contributed by atoms with Crippen molar-refractivity contribution >= 4 is 28.6 Å². The Hall–Kier alpha value is -2.90. The van der Waals surface area contributed by atoms with Gasteiger partial charge in [-0.2, -0.15) is 0 Å². The summed E-state index contributed by atoms with van der Waals surface area (Å²) in [5.74, 6) is 0.424. The highest BCUT2D eigenvalue weighted by molar-refractivity contribution is 7.13. The number of carbonyl (C=O) groups is 1. The van der Waals surface area contributed by atoms with Crippen molar-refractivity contribution in [2.24, 2.45) is 0 Å². The Balaban J connectivity index is 1.13. The summed E-state index contributed by atoms with van der Waals surface area (Å²) in [6, 6.07) is 10.8. The minimum atomic E-state index is 0.0273. The van der Waals surface area contributed by atoms with Crippen LogP contribution in [0.4, 0.5) is 0 Å². The molecule has 0 atom stereocenters. The van der Waals surface area contributed by atoms with E-state index in [0.717, 1.165) is 42.2 Å². The minimum absolute atomic E-state index is 0.0273. The molecule has 0 spiro atoms. The van der Waals surface area contributed by atoms with Gasteiger partial charge in [0.1, 0.15) is 10.7 Å². The largest absolute Gasteiger partial charge is 0.337 e. The lowest BCUT2D eigenvalue weighted by molar-refractivity contribution is 0.0708. The van der Waals surface area contributed by atoms with E-state index in [0.29, 0.717) is 11.6 Å². The van der Waals surface area contributed by atoms with E-state index < -0.39 is 0 Å². The zero-order valence-corrected chi connectivity index (χ0v) is 24.2. The van der Waals surface area contributed by atoms with Gasteiger partial charge in [-0.1, -0.05) is 39.8 Å². The average Bonchev–Trinajstić information content (AvgIpc) is 3.62. The van der Waals surface area contributed by atoms with Crippen LogP contribution in [0.2, 0.25) is 0 Å². The number of benzene rings is 1. The number of aromatic nitrogens is 3. The van der Waals surface area contributed by atoms with Crippen molar-refractivity contribution in [1.82, 2.24) is 19.9 Å². The molecule has 6 rings (SSSR count). The second kappa shape index (κ2) is 9.69. The average molecular weight is 543 g/mol. The second-order valence-electron chi connectivity index (χ2n) is 11.9. The van der Waals surface area contributed by atoms with Gasteiger partial charge in [0.15, 0.2) is 0 Å². The summed E-state index contributed by atoms with van der Waals surface area (Å²) in [6.07, 6.45) is 7.81. The van der Waals surface area contributed by atoms with Crippen molar-refractivity contribution in [2.45, 2.75) is 70.1 Å². The Kier molecular flexibility index (Phi) is 6.47. The molecule has 0 saturated carbocycles. The molecule has 1 aliphatic carbocycles. The normalized spacial score (nSPS) is 18.8. The third kappa shape index (κ3) is 4.71. The first-order valence-corrected chi connectivity index (χ1v) is 15.2. The van der Waals surface area contributed by atoms with E-state index in [1.165, 1.54) is 45.9 Å². The Morgan fingerprint density at radius 1 is 0.868 bits per heavy atom. The lowest BCUT2D eigenvalue weighted by Crippen LogP contribution is -2.38. The maximum atomic E-state index is 13.1. The topological polar surface area (TPSA) is 59.0 Å². The fourth-order valence-electron chi connectivity index (χ4n) is 5.85. The summed E-state index contributed by atoms with van der Waals surface area (Å²) in [5.41, 5.74) is 7.20. The number of fused-ring (bicyclic) bond motifs is 1. The van der Waals surface area contributed by atoms with Crippen molar-refractivity contribution in [3.8, 4) is 21.8 Å². The van der Waals surface area contributed by atoms with Gasteiger partial charge in [0, 0.05) is 53.3 Å². The lowest BCUT2D eigenvalue weighted by atomic mass is 9.63. The van der Waals surface area contributed by atoms with Gasteiger partial charge >= 0.3 is 0 Å². The third-order valence-corrected chi connectivity index (χ3v) is 10.4. The monoisotopic (exact) mass is 542 g/mol. The molecule has 0 radical (unpaired) electrons. The molecule has 4 aromatic rings. The molecule has 1 fully saturated rings. The van der Waals surface area contributed by atoms with Crippen LogP contribution < -0.4 is 0 Å². The number of nitrogens with zero attached hydrogens (tertiary/aromatic N) is 4. The number of hydrogen-bond acceptors (Lipinski definition) is 6. The van der Waals surface area contributed by atoms with Gasteiger partial charge in [0.25, 0.3) is 5.91 Å². The quantitative estimate of drug-likeness (QED) is 0.265. The Morgan fingerprint density at radius 2 is 1.58 bits per heavy atom. The number of carbonyl (C=O) groups excluding carboxylic acids is 1. The van der Waals surface area contributed by atoms with Crippen LogP contribution in [0.1, 0.15) is 85.9 Å². The fraction of sp³-hybridized carbons (Fsp3) is 0.419. The van der Waals surface area contributed by atoms with Crippen LogP contribution in [0.3, 0.4) is 0 Å². The number of likely N-dealkylation sites (tertiary alicyclic amines) is 1. The van der Waals surface area contributed by atoms with Gasteiger partial charge < -0.3 is 4.90 Å². The zero-order valence-electron chi connectivity index (χ0n) is 22.5. The molecule has 1 aliphatic heterocycles. The smallest absolute Gasteiger partial charge is 0.273 e. The van der Waals surface area contributed by atoms with E-state index in [-0.39, 0.29) is 16.7 Å². The molecule has 196 valence electrons. The van der Waals surface area contributed by atoms with E-state index in [1.807, 2.05) is 22.4 Å². The van der Waals surface area contributed by atoms with E-state index >= 15 is 0 Å². The standard InChI is InChI=1S/C31H34N4OS2/c1-30(2)11-12-31(3,4)24-17-22(5-6-23(24)30)25-18-37-28(33-25)21-9-15-35(16-10-21)29(36)26-19-38-27(34-26)20-7-13-32-14-8-20/h5-8,13-14,17-19,21H,9-12,15-16H2,1-4H3. The van der Waals surface area contributed by atoms with Crippen LogP contribution in [-0.2, 0) is 10.8 Å². The number of rotatable bonds is 4. The van der Waals surface area contributed by atoms with Crippen LogP contribution in [0.15, 0.2) is 53.5 Å². The molecule has 2 aliphatic rings. The van der Waals surface area contributed by atoms with Crippen molar-refractivity contribution in [1.29, 1.82) is 0 Å². The molecular weight excluding hydrogens is 509 g/mol. The Morgan fingerprint density at radius 3 is 2.32 bits per heavy atom. The number of piperidine rings is 1. The van der Waals surface area contributed by atoms with E-state index in [9.17, 15) is 4.79 Å². The fourth-order valence-corrected chi connectivity index (χ4v) is 7.65. The molecule has 1 amide bonds. The van der Waals surface area contributed by atoms with Gasteiger partial charge in [-0.15, -0.1) is 22.7 Å². The van der Waals surface area contributed by atoms with Crippen LogP contribution in [0.25, 0.3) is 21.8 Å². The zero-order chi connectivity index (χ0) is 26.5. The molecule has 4 heterocycles. The third-order valence-electron chi connectivity index (χ3n) is 8.45. The van der Waals surface area contributed by atoms with E-state index in [4.69, 9.17) is 4.98 Å². The molecule has 0 bridgehead atoms. The summed E-state index contributed by atoms with van der Waals surface area (Å²) >= 11 is 3.27. The summed E-state index contributed by atoms with van der Waals surface area (Å²) < 4.78 is 0. The summed E-state index contributed by atoms with van der Waals surface area (Å²) in [5, 5.41) is 6.14. The number of thiazole rings is 2. The molecule has 0 N–H and O–H groups in total. The predicted molar refractivity (Wildman–Crippen MR) is 156 cm³/mol. The molecule has 38 heavy (non-hydrogen) atoms. The lowest BCUT2D eigenvalue weighted by Gasteiger charge is -2.42.